The van der Waals surface area contributed by atoms with Gasteiger partial charge in [0.05, 0.1) is 12.6 Å². The van der Waals surface area contributed by atoms with Crippen LogP contribution in [-0.4, -0.2) is 42.3 Å². The zero-order chi connectivity index (χ0) is 15.8. The van der Waals surface area contributed by atoms with E-state index in [1.807, 2.05) is 6.92 Å². The first kappa shape index (κ1) is 19.2. The van der Waals surface area contributed by atoms with Gasteiger partial charge in [0.2, 0.25) is 0 Å². The van der Waals surface area contributed by atoms with Crippen LogP contribution in [0.25, 0.3) is 0 Å². The smallest absolute Gasteiger partial charge is 0.300 e. The highest BCUT2D eigenvalue weighted by molar-refractivity contribution is 5.03. The molecule has 0 heterocycles. The summed E-state index contributed by atoms with van der Waals surface area (Å²) >= 11 is 0. The number of nitrogens with one attached hydrogen (secondary N) is 1. The Hall–Kier alpha value is -0.800. The van der Waals surface area contributed by atoms with Gasteiger partial charge >= 0.3 is 6.18 Å². The van der Waals surface area contributed by atoms with Gasteiger partial charge in [0.15, 0.2) is 0 Å². The van der Waals surface area contributed by atoms with Gasteiger partial charge in [0.1, 0.15) is 5.54 Å². The van der Waals surface area contributed by atoms with Crippen molar-refractivity contribution >= 4 is 0 Å². The monoisotopic (exact) mass is 293 g/mol. The zero-order valence-electron chi connectivity index (χ0n) is 12.8. The third kappa shape index (κ3) is 8.39. The third-order valence-corrected chi connectivity index (χ3v) is 3.25. The van der Waals surface area contributed by atoms with E-state index in [1.54, 1.807) is 20.8 Å². The molecular formula is C14H26F3N3. The highest BCUT2D eigenvalue weighted by Crippen LogP contribution is 2.19. The van der Waals surface area contributed by atoms with E-state index >= 15 is 0 Å². The second-order valence-corrected chi connectivity index (χ2v) is 5.65. The van der Waals surface area contributed by atoms with Crippen LogP contribution in [-0.2, 0) is 0 Å². The molecule has 0 bridgehead atoms. The van der Waals surface area contributed by atoms with Crippen LogP contribution in [0.2, 0.25) is 0 Å². The van der Waals surface area contributed by atoms with Gasteiger partial charge in [-0.25, -0.2) is 0 Å². The van der Waals surface area contributed by atoms with Crippen molar-refractivity contribution < 1.29 is 13.2 Å². The molecule has 0 aromatic heterocycles. The van der Waals surface area contributed by atoms with E-state index in [0.29, 0.717) is 19.4 Å². The second kappa shape index (κ2) is 8.48. The highest BCUT2D eigenvalue weighted by atomic mass is 19.4. The first-order valence-corrected chi connectivity index (χ1v) is 7.10. The van der Waals surface area contributed by atoms with E-state index in [9.17, 15) is 13.2 Å². The normalized spacial score (nSPS) is 15.4. The maximum Gasteiger partial charge on any atom is 0.401 e. The average molecular weight is 293 g/mol. The molecule has 0 aromatic rings. The lowest BCUT2D eigenvalue weighted by atomic mass is 9.97. The Labute approximate surface area is 120 Å². The highest BCUT2D eigenvalue weighted by Gasteiger charge is 2.32. The molecule has 0 saturated carbocycles. The van der Waals surface area contributed by atoms with Crippen molar-refractivity contribution in [2.75, 3.05) is 19.6 Å². The van der Waals surface area contributed by atoms with Crippen LogP contribution in [0, 0.1) is 11.3 Å². The molecule has 118 valence electrons. The minimum Gasteiger partial charge on any atom is -0.300 e. The van der Waals surface area contributed by atoms with Gasteiger partial charge in [-0.05, 0) is 53.1 Å². The second-order valence-electron chi connectivity index (χ2n) is 5.65. The molecule has 0 amide bonds. The summed E-state index contributed by atoms with van der Waals surface area (Å²) in [5, 5.41) is 12.3. The number of alkyl halides is 3. The Kier molecular flexibility index (Phi) is 8.14. The molecule has 0 aliphatic rings. The number of nitrogens with zero attached hydrogens (tertiary/aromatic N) is 2. The molecule has 0 aliphatic heterocycles. The van der Waals surface area contributed by atoms with Crippen molar-refractivity contribution in [2.45, 2.75) is 64.7 Å². The van der Waals surface area contributed by atoms with E-state index in [-0.39, 0.29) is 6.04 Å². The SMILES string of the molecule is CCCNC(C)(C#N)CCCN(CC(F)(F)F)C(C)C. The van der Waals surface area contributed by atoms with Gasteiger partial charge in [-0.2, -0.15) is 18.4 Å². The van der Waals surface area contributed by atoms with E-state index < -0.39 is 18.3 Å². The van der Waals surface area contributed by atoms with Gasteiger partial charge in [0.25, 0.3) is 0 Å². The third-order valence-electron chi connectivity index (χ3n) is 3.25. The maximum absolute atomic E-state index is 12.5. The van der Waals surface area contributed by atoms with Gasteiger partial charge in [-0.1, -0.05) is 6.92 Å². The lowest BCUT2D eigenvalue weighted by Gasteiger charge is -2.29. The average Bonchev–Trinajstić information content (AvgIpc) is 2.33. The molecule has 0 aromatic carbocycles. The number of hydrogen-bond acceptors (Lipinski definition) is 3. The summed E-state index contributed by atoms with van der Waals surface area (Å²) < 4.78 is 37.4. The summed E-state index contributed by atoms with van der Waals surface area (Å²) in [4.78, 5) is 1.40. The van der Waals surface area contributed by atoms with Crippen LogP contribution < -0.4 is 5.32 Å². The lowest BCUT2D eigenvalue weighted by molar-refractivity contribution is -0.149. The van der Waals surface area contributed by atoms with Crippen LogP contribution in [0.5, 0.6) is 0 Å². The van der Waals surface area contributed by atoms with Gasteiger partial charge in [-0.15, -0.1) is 0 Å². The maximum atomic E-state index is 12.5. The number of nitriles is 1. The van der Waals surface area contributed by atoms with Crippen LogP contribution in [0.4, 0.5) is 13.2 Å². The summed E-state index contributed by atoms with van der Waals surface area (Å²) in [5.41, 5.74) is -0.656. The molecule has 20 heavy (non-hydrogen) atoms. The molecule has 3 nitrogen and oxygen atoms in total. The molecule has 1 unspecified atom stereocenters. The Balaban J connectivity index is 4.32. The van der Waals surface area contributed by atoms with Gasteiger partial charge in [-0.3, -0.25) is 10.2 Å². The van der Waals surface area contributed by atoms with Crippen LogP contribution in [0.3, 0.4) is 0 Å². The van der Waals surface area contributed by atoms with Gasteiger partial charge in [0, 0.05) is 6.04 Å². The molecule has 0 fully saturated rings. The molecule has 0 aliphatic carbocycles. The van der Waals surface area contributed by atoms with Crippen molar-refractivity contribution in [3.8, 4) is 6.07 Å². The molecule has 0 rings (SSSR count). The molecule has 0 saturated heterocycles. The van der Waals surface area contributed by atoms with Crippen LogP contribution >= 0.6 is 0 Å². The van der Waals surface area contributed by atoms with Crippen LogP contribution in [0.15, 0.2) is 0 Å². The van der Waals surface area contributed by atoms with Crippen molar-refractivity contribution in [1.29, 1.82) is 5.26 Å². The Bertz CT molecular complexity index is 310. The topological polar surface area (TPSA) is 39.1 Å². The summed E-state index contributed by atoms with van der Waals surface area (Å²) in [6, 6.07) is 2.05. The number of hydrogen-bond donors (Lipinski definition) is 1. The summed E-state index contributed by atoms with van der Waals surface area (Å²) in [5.74, 6) is 0. The van der Waals surface area contributed by atoms with E-state index in [0.717, 1.165) is 13.0 Å². The van der Waals surface area contributed by atoms with E-state index in [2.05, 4.69) is 11.4 Å². The largest absolute Gasteiger partial charge is 0.401 e. The molecule has 6 heteroatoms. The summed E-state index contributed by atoms with van der Waals surface area (Å²) in [6.45, 7) is 7.51. The summed E-state index contributed by atoms with van der Waals surface area (Å²) in [6.07, 6.45) is -2.15. The molecule has 1 atom stereocenters. The fraction of sp³-hybridized carbons (Fsp3) is 0.929. The molecule has 0 radical (unpaired) electrons. The lowest BCUT2D eigenvalue weighted by Crippen LogP contribution is -2.43. The first-order valence-electron chi connectivity index (χ1n) is 7.10. The Morgan fingerprint density at radius 2 is 1.90 bits per heavy atom. The predicted octanol–water partition coefficient (Wildman–Crippen LogP) is 3.32. The van der Waals surface area contributed by atoms with Crippen LogP contribution in [0.1, 0.15) is 47.0 Å². The first-order chi connectivity index (χ1) is 9.13. The van der Waals surface area contributed by atoms with Crippen molar-refractivity contribution in [3.63, 3.8) is 0 Å². The van der Waals surface area contributed by atoms with Crippen molar-refractivity contribution in [2.24, 2.45) is 0 Å². The van der Waals surface area contributed by atoms with Crippen molar-refractivity contribution in [3.05, 3.63) is 0 Å². The predicted molar refractivity (Wildman–Crippen MR) is 74.3 cm³/mol. The van der Waals surface area contributed by atoms with E-state index in [4.69, 9.17) is 5.26 Å². The van der Waals surface area contributed by atoms with E-state index in [1.165, 1.54) is 4.90 Å². The standard InChI is InChI=1S/C14H26F3N3/c1-5-8-19-13(4,10-18)7-6-9-20(12(2)3)11-14(15,16)17/h12,19H,5-9,11H2,1-4H3. The minimum absolute atomic E-state index is 0.159. The molecular weight excluding hydrogens is 267 g/mol. The number of rotatable bonds is 9. The summed E-state index contributed by atoms with van der Waals surface area (Å²) in [7, 11) is 0. The minimum atomic E-state index is -4.18. The fourth-order valence-corrected chi connectivity index (χ4v) is 1.97. The fourth-order valence-electron chi connectivity index (χ4n) is 1.97. The Morgan fingerprint density at radius 1 is 1.30 bits per heavy atom. The quantitative estimate of drug-likeness (QED) is 0.709. The zero-order valence-corrected chi connectivity index (χ0v) is 12.8. The molecule has 1 N–H and O–H groups in total. The van der Waals surface area contributed by atoms with Crippen molar-refractivity contribution in [1.82, 2.24) is 10.2 Å². The molecule has 0 spiro atoms. The van der Waals surface area contributed by atoms with Gasteiger partial charge < -0.3 is 0 Å². The number of halogens is 3. The Morgan fingerprint density at radius 3 is 2.30 bits per heavy atom.